The average molecular weight is 383 g/mol. The molecule has 1 atom stereocenters. The van der Waals surface area contributed by atoms with E-state index in [1.807, 2.05) is 0 Å². The second-order valence-electron chi connectivity index (χ2n) is 5.52. The summed E-state index contributed by atoms with van der Waals surface area (Å²) in [6.07, 6.45) is -1.02. The van der Waals surface area contributed by atoms with Crippen LogP contribution in [0.25, 0.3) is 10.4 Å². The van der Waals surface area contributed by atoms with Crippen LogP contribution in [-0.4, -0.2) is 54.3 Å². The number of carboxylic acids is 1. The predicted octanol–water partition coefficient (Wildman–Crippen LogP) is 2.94. The van der Waals surface area contributed by atoms with E-state index in [-0.39, 0.29) is 24.8 Å². The standard InChI is InChI=1S/C17H15F2NO5S/c18-17(19)25-11-3-1-10(2-4-11)13-5-6-14(26-13)15(21)20-7-8-24-12(9-20)16(22)23/h1-6,12,17H,7-9H2,(H,22,23). The van der Waals surface area contributed by atoms with Crippen molar-refractivity contribution in [2.75, 3.05) is 19.7 Å². The lowest BCUT2D eigenvalue weighted by Gasteiger charge is -2.30. The molecule has 1 aliphatic rings. The van der Waals surface area contributed by atoms with E-state index in [9.17, 15) is 18.4 Å². The predicted molar refractivity (Wildman–Crippen MR) is 89.7 cm³/mol. The zero-order valence-electron chi connectivity index (χ0n) is 13.4. The highest BCUT2D eigenvalue weighted by Crippen LogP contribution is 2.30. The highest BCUT2D eigenvalue weighted by atomic mass is 32.1. The summed E-state index contributed by atoms with van der Waals surface area (Å²) < 4.78 is 33.8. The Balaban J connectivity index is 1.71. The highest BCUT2D eigenvalue weighted by molar-refractivity contribution is 7.17. The number of halogens is 2. The Morgan fingerprint density at radius 2 is 1.96 bits per heavy atom. The van der Waals surface area contributed by atoms with Crippen LogP contribution < -0.4 is 4.74 Å². The van der Waals surface area contributed by atoms with Gasteiger partial charge in [0.25, 0.3) is 5.91 Å². The number of amides is 1. The van der Waals surface area contributed by atoms with Crippen LogP contribution in [0.1, 0.15) is 9.67 Å². The molecule has 0 radical (unpaired) electrons. The maximum atomic E-state index is 12.6. The second kappa shape index (κ2) is 7.79. The average Bonchev–Trinajstić information content (AvgIpc) is 3.11. The fraction of sp³-hybridized carbons (Fsp3) is 0.294. The Bertz CT molecular complexity index is 793. The van der Waals surface area contributed by atoms with Crippen molar-refractivity contribution in [2.24, 2.45) is 0 Å². The molecular weight excluding hydrogens is 368 g/mol. The molecule has 1 unspecified atom stereocenters. The monoisotopic (exact) mass is 383 g/mol. The summed E-state index contributed by atoms with van der Waals surface area (Å²) in [5.41, 5.74) is 0.765. The Labute approximate surface area is 151 Å². The molecule has 1 aromatic carbocycles. The van der Waals surface area contributed by atoms with E-state index >= 15 is 0 Å². The van der Waals surface area contributed by atoms with E-state index in [0.29, 0.717) is 11.4 Å². The van der Waals surface area contributed by atoms with Crippen molar-refractivity contribution in [3.05, 3.63) is 41.3 Å². The van der Waals surface area contributed by atoms with Gasteiger partial charge in [0.15, 0.2) is 6.10 Å². The van der Waals surface area contributed by atoms with Crippen molar-refractivity contribution >= 4 is 23.2 Å². The molecular formula is C17H15F2NO5S. The van der Waals surface area contributed by atoms with Crippen LogP contribution in [0.5, 0.6) is 5.75 Å². The van der Waals surface area contributed by atoms with E-state index in [2.05, 4.69) is 4.74 Å². The van der Waals surface area contributed by atoms with Crippen molar-refractivity contribution in [1.29, 1.82) is 0 Å². The number of carbonyl (C=O) groups is 2. The van der Waals surface area contributed by atoms with Crippen molar-refractivity contribution in [1.82, 2.24) is 4.90 Å². The molecule has 1 saturated heterocycles. The first-order chi connectivity index (χ1) is 12.4. The minimum absolute atomic E-state index is 0.00106. The Hall–Kier alpha value is -2.52. The lowest BCUT2D eigenvalue weighted by Crippen LogP contribution is -2.48. The third-order valence-electron chi connectivity index (χ3n) is 3.81. The molecule has 26 heavy (non-hydrogen) atoms. The number of carboxylic acid groups (broad SMARTS) is 1. The summed E-state index contributed by atoms with van der Waals surface area (Å²) in [4.78, 5) is 26.3. The van der Waals surface area contributed by atoms with Gasteiger partial charge in [-0.05, 0) is 42.0 Å². The zero-order chi connectivity index (χ0) is 18.7. The number of alkyl halides is 2. The summed E-state index contributed by atoms with van der Waals surface area (Å²) in [6, 6.07) is 9.55. The number of thiophene rings is 1. The molecule has 0 saturated carbocycles. The van der Waals surface area contributed by atoms with Crippen LogP contribution in [0, 0.1) is 0 Å². The molecule has 1 amide bonds. The minimum atomic E-state index is -2.88. The van der Waals surface area contributed by atoms with Gasteiger partial charge in [-0.1, -0.05) is 0 Å². The van der Waals surface area contributed by atoms with Crippen LogP contribution in [0.3, 0.4) is 0 Å². The summed E-state index contributed by atoms with van der Waals surface area (Å²) in [7, 11) is 0. The van der Waals surface area contributed by atoms with Crippen LogP contribution in [0.15, 0.2) is 36.4 Å². The van der Waals surface area contributed by atoms with E-state index < -0.39 is 18.7 Å². The molecule has 1 fully saturated rings. The Kier molecular flexibility index (Phi) is 5.48. The Morgan fingerprint density at radius 3 is 2.62 bits per heavy atom. The molecule has 1 aromatic heterocycles. The van der Waals surface area contributed by atoms with Crippen LogP contribution >= 0.6 is 11.3 Å². The molecule has 6 nitrogen and oxygen atoms in total. The fourth-order valence-corrected chi connectivity index (χ4v) is 3.53. The topological polar surface area (TPSA) is 76.1 Å². The summed E-state index contributed by atoms with van der Waals surface area (Å²) in [5, 5.41) is 9.02. The molecule has 138 valence electrons. The number of carbonyl (C=O) groups excluding carboxylic acids is 1. The molecule has 1 aliphatic heterocycles. The summed E-state index contributed by atoms with van der Waals surface area (Å²) in [6.45, 7) is -2.38. The third-order valence-corrected chi connectivity index (χ3v) is 4.93. The molecule has 0 bridgehead atoms. The number of hydrogen-bond acceptors (Lipinski definition) is 5. The van der Waals surface area contributed by atoms with Gasteiger partial charge in [-0.2, -0.15) is 8.78 Å². The number of nitrogens with zero attached hydrogens (tertiary/aromatic N) is 1. The van der Waals surface area contributed by atoms with Crippen molar-refractivity contribution in [3.63, 3.8) is 0 Å². The second-order valence-corrected chi connectivity index (χ2v) is 6.60. The first kappa shape index (κ1) is 18.3. The molecule has 0 spiro atoms. The van der Waals surface area contributed by atoms with E-state index in [1.165, 1.54) is 28.4 Å². The largest absolute Gasteiger partial charge is 0.479 e. The molecule has 2 aromatic rings. The van der Waals surface area contributed by atoms with Gasteiger partial charge in [0.2, 0.25) is 0 Å². The lowest BCUT2D eigenvalue weighted by atomic mass is 10.2. The molecule has 1 N–H and O–H groups in total. The minimum Gasteiger partial charge on any atom is -0.479 e. The number of aliphatic carboxylic acids is 1. The first-order valence-corrected chi connectivity index (χ1v) is 8.54. The maximum Gasteiger partial charge on any atom is 0.387 e. The molecule has 2 heterocycles. The van der Waals surface area contributed by atoms with E-state index in [4.69, 9.17) is 9.84 Å². The molecule has 0 aliphatic carbocycles. The van der Waals surface area contributed by atoms with Crippen molar-refractivity contribution in [2.45, 2.75) is 12.7 Å². The van der Waals surface area contributed by atoms with Gasteiger partial charge in [-0.3, -0.25) is 4.79 Å². The Morgan fingerprint density at radius 1 is 1.23 bits per heavy atom. The summed E-state index contributed by atoms with van der Waals surface area (Å²) in [5.74, 6) is -1.29. The van der Waals surface area contributed by atoms with Gasteiger partial charge >= 0.3 is 12.6 Å². The molecule has 9 heteroatoms. The number of benzene rings is 1. The van der Waals surface area contributed by atoms with Crippen LogP contribution in [-0.2, 0) is 9.53 Å². The quantitative estimate of drug-likeness (QED) is 0.859. The van der Waals surface area contributed by atoms with E-state index in [1.54, 1.807) is 24.3 Å². The van der Waals surface area contributed by atoms with Gasteiger partial charge in [0, 0.05) is 11.4 Å². The maximum absolute atomic E-state index is 12.6. The van der Waals surface area contributed by atoms with Crippen LogP contribution in [0.4, 0.5) is 8.78 Å². The smallest absolute Gasteiger partial charge is 0.387 e. The van der Waals surface area contributed by atoms with Gasteiger partial charge in [-0.25, -0.2) is 4.79 Å². The highest BCUT2D eigenvalue weighted by Gasteiger charge is 2.30. The van der Waals surface area contributed by atoms with Crippen molar-refractivity contribution < 1.29 is 33.0 Å². The number of rotatable bonds is 5. The normalized spacial score (nSPS) is 17.3. The van der Waals surface area contributed by atoms with Gasteiger partial charge < -0.3 is 19.5 Å². The third kappa shape index (κ3) is 4.17. The number of hydrogen-bond donors (Lipinski definition) is 1. The molecule has 3 rings (SSSR count). The number of ether oxygens (including phenoxy) is 2. The fourth-order valence-electron chi connectivity index (χ4n) is 2.55. The van der Waals surface area contributed by atoms with Crippen molar-refractivity contribution in [3.8, 4) is 16.2 Å². The summed E-state index contributed by atoms with van der Waals surface area (Å²) >= 11 is 1.25. The van der Waals surface area contributed by atoms with Crippen LogP contribution in [0.2, 0.25) is 0 Å². The first-order valence-electron chi connectivity index (χ1n) is 7.73. The van der Waals surface area contributed by atoms with E-state index in [0.717, 1.165) is 10.4 Å². The SMILES string of the molecule is O=C(O)C1CN(C(=O)c2ccc(-c3ccc(OC(F)F)cc3)s2)CCO1. The lowest BCUT2D eigenvalue weighted by molar-refractivity contribution is -0.154. The van der Waals surface area contributed by atoms with Gasteiger partial charge in [-0.15, -0.1) is 11.3 Å². The van der Waals surface area contributed by atoms with Gasteiger partial charge in [0.1, 0.15) is 5.75 Å². The number of morpholine rings is 1. The zero-order valence-corrected chi connectivity index (χ0v) is 14.2. The van der Waals surface area contributed by atoms with Gasteiger partial charge in [0.05, 0.1) is 18.0 Å².